The molecular formula is C23H17NO2. The minimum Gasteiger partial charge on any atom is -0.497 e. The molecule has 4 rings (SSSR count). The van der Waals surface area contributed by atoms with Crippen LogP contribution in [0.3, 0.4) is 0 Å². The number of carbonyl (C=O) groups excluding carboxylic acids is 1. The molecule has 0 saturated carbocycles. The Balaban J connectivity index is 1.70. The van der Waals surface area contributed by atoms with Crippen molar-refractivity contribution in [2.45, 2.75) is 0 Å². The van der Waals surface area contributed by atoms with Gasteiger partial charge in [-0.15, -0.1) is 0 Å². The van der Waals surface area contributed by atoms with Gasteiger partial charge in [0.1, 0.15) is 5.75 Å². The second kappa shape index (κ2) is 6.81. The number of carbonyl (C=O) groups is 1. The predicted molar refractivity (Wildman–Crippen MR) is 106 cm³/mol. The van der Waals surface area contributed by atoms with Gasteiger partial charge in [-0.1, -0.05) is 36.4 Å². The number of hydrogen-bond donors (Lipinski definition) is 0. The molecule has 3 aromatic carbocycles. The fourth-order valence-electron chi connectivity index (χ4n) is 2.98. The second-order valence-corrected chi connectivity index (χ2v) is 6.03. The predicted octanol–water partition coefficient (Wildman–Crippen LogP) is 5.29. The van der Waals surface area contributed by atoms with E-state index in [4.69, 9.17) is 9.72 Å². The average molecular weight is 339 g/mol. The molecule has 0 radical (unpaired) electrons. The monoisotopic (exact) mass is 339 g/mol. The number of ether oxygens (including phenoxy) is 1. The number of para-hydroxylation sites is 2. The zero-order valence-electron chi connectivity index (χ0n) is 14.3. The van der Waals surface area contributed by atoms with Gasteiger partial charge in [0, 0.05) is 21.9 Å². The van der Waals surface area contributed by atoms with E-state index in [-0.39, 0.29) is 5.78 Å². The molecule has 3 nitrogen and oxygen atoms in total. The van der Waals surface area contributed by atoms with E-state index in [2.05, 4.69) is 12.1 Å². The number of methoxy groups -OCH3 is 1. The van der Waals surface area contributed by atoms with Crippen molar-refractivity contribution < 1.29 is 9.53 Å². The Morgan fingerprint density at radius 3 is 2.50 bits per heavy atom. The minimum atomic E-state index is -0.0505. The molecule has 3 heteroatoms. The van der Waals surface area contributed by atoms with Crippen molar-refractivity contribution in [3.8, 4) is 5.75 Å². The number of fused-ring (bicyclic) bond motifs is 2. The van der Waals surface area contributed by atoms with Gasteiger partial charge in [-0.25, -0.2) is 4.98 Å². The van der Waals surface area contributed by atoms with E-state index >= 15 is 0 Å². The third-order valence-corrected chi connectivity index (χ3v) is 4.37. The topological polar surface area (TPSA) is 39.2 Å². The van der Waals surface area contributed by atoms with Crippen LogP contribution in [0.2, 0.25) is 0 Å². The number of hydrogen-bond acceptors (Lipinski definition) is 3. The Labute approximate surface area is 151 Å². The lowest BCUT2D eigenvalue weighted by molar-refractivity contribution is 0.104. The van der Waals surface area contributed by atoms with Crippen LogP contribution in [0.1, 0.15) is 15.9 Å². The Morgan fingerprint density at radius 1 is 0.923 bits per heavy atom. The molecule has 0 aliphatic carbocycles. The zero-order valence-corrected chi connectivity index (χ0v) is 14.3. The standard InChI is InChI=1S/C23H17NO2/c1-26-20-12-9-16(10-13-20)22(25)14-11-17-6-4-7-19-15-18-5-2-3-8-21(18)24-23(17)19/h2-15H,1H3/b14-11+. The highest BCUT2D eigenvalue weighted by molar-refractivity contribution is 6.08. The molecule has 0 atom stereocenters. The van der Waals surface area contributed by atoms with E-state index in [1.54, 1.807) is 37.5 Å². The first-order valence-electron chi connectivity index (χ1n) is 8.39. The first-order chi connectivity index (χ1) is 12.7. The molecule has 0 fully saturated rings. The van der Waals surface area contributed by atoms with Gasteiger partial charge in [0.2, 0.25) is 0 Å². The van der Waals surface area contributed by atoms with Crippen LogP contribution in [0.5, 0.6) is 5.75 Å². The lowest BCUT2D eigenvalue weighted by atomic mass is 10.0. The molecule has 0 N–H and O–H groups in total. The third-order valence-electron chi connectivity index (χ3n) is 4.37. The Hall–Kier alpha value is -3.46. The molecule has 0 unspecified atom stereocenters. The summed E-state index contributed by atoms with van der Waals surface area (Å²) in [5, 5.41) is 2.16. The normalized spacial score (nSPS) is 11.3. The molecule has 4 aromatic rings. The highest BCUT2D eigenvalue weighted by atomic mass is 16.5. The van der Waals surface area contributed by atoms with Gasteiger partial charge in [-0.3, -0.25) is 4.79 Å². The van der Waals surface area contributed by atoms with Crippen LogP contribution in [0.4, 0.5) is 0 Å². The third kappa shape index (κ3) is 3.07. The van der Waals surface area contributed by atoms with E-state index in [1.807, 2.05) is 42.5 Å². The number of nitrogens with zero attached hydrogens (tertiary/aromatic N) is 1. The summed E-state index contributed by atoms with van der Waals surface area (Å²) < 4.78 is 5.12. The van der Waals surface area contributed by atoms with E-state index in [0.29, 0.717) is 5.56 Å². The smallest absolute Gasteiger partial charge is 0.185 e. The van der Waals surface area contributed by atoms with Gasteiger partial charge >= 0.3 is 0 Å². The molecule has 0 saturated heterocycles. The zero-order chi connectivity index (χ0) is 17.9. The summed E-state index contributed by atoms with van der Waals surface area (Å²) in [5.74, 6) is 0.682. The SMILES string of the molecule is COc1ccc(C(=O)/C=C/c2cccc3cc4ccccc4nc23)cc1. The number of pyridine rings is 1. The summed E-state index contributed by atoms with van der Waals surface area (Å²) in [7, 11) is 1.61. The highest BCUT2D eigenvalue weighted by Crippen LogP contribution is 2.23. The van der Waals surface area contributed by atoms with Crippen LogP contribution < -0.4 is 4.74 Å². The fourth-order valence-corrected chi connectivity index (χ4v) is 2.98. The maximum Gasteiger partial charge on any atom is 0.185 e. The van der Waals surface area contributed by atoms with Crippen molar-refractivity contribution in [1.82, 2.24) is 4.98 Å². The lowest BCUT2D eigenvalue weighted by Gasteiger charge is -2.04. The van der Waals surface area contributed by atoms with Crippen molar-refractivity contribution in [2.75, 3.05) is 7.11 Å². The fraction of sp³-hybridized carbons (Fsp3) is 0.0435. The maximum absolute atomic E-state index is 12.4. The van der Waals surface area contributed by atoms with E-state index < -0.39 is 0 Å². The Bertz CT molecular complexity index is 1130. The summed E-state index contributed by atoms with van der Waals surface area (Å²) in [6.45, 7) is 0. The second-order valence-electron chi connectivity index (χ2n) is 6.03. The number of aromatic nitrogens is 1. The van der Waals surface area contributed by atoms with Crippen molar-refractivity contribution >= 4 is 33.7 Å². The molecule has 0 spiro atoms. The van der Waals surface area contributed by atoms with Crippen molar-refractivity contribution in [3.05, 3.63) is 90.0 Å². The minimum absolute atomic E-state index is 0.0505. The van der Waals surface area contributed by atoms with E-state index in [9.17, 15) is 4.79 Å². The van der Waals surface area contributed by atoms with Crippen LogP contribution in [-0.2, 0) is 0 Å². The summed E-state index contributed by atoms with van der Waals surface area (Å²) in [4.78, 5) is 17.2. The first-order valence-corrected chi connectivity index (χ1v) is 8.39. The maximum atomic E-state index is 12.4. The summed E-state index contributed by atoms with van der Waals surface area (Å²) in [6, 6.07) is 23.3. The Morgan fingerprint density at radius 2 is 1.69 bits per heavy atom. The number of allylic oxidation sites excluding steroid dienone is 1. The lowest BCUT2D eigenvalue weighted by Crippen LogP contribution is -1.94. The number of ketones is 1. The first kappa shape index (κ1) is 16.0. The summed E-state index contributed by atoms with van der Waals surface area (Å²) in [5.41, 5.74) is 3.39. The van der Waals surface area contributed by atoms with E-state index in [0.717, 1.165) is 33.1 Å². The average Bonchev–Trinajstić information content (AvgIpc) is 2.70. The van der Waals surface area contributed by atoms with Crippen molar-refractivity contribution in [3.63, 3.8) is 0 Å². The molecule has 1 heterocycles. The van der Waals surface area contributed by atoms with Crippen LogP contribution in [0.15, 0.2) is 78.9 Å². The molecule has 0 amide bonds. The molecule has 26 heavy (non-hydrogen) atoms. The summed E-state index contributed by atoms with van der Waals surface area (Å²) in [6.07, 6.45) is 3.42. The quantitative estimate of drug-likeness (QED) is 0.288. The molecular weight excluding hydrogens is 322 g/mol. The van der Waals surface area contributed by atoms with Gasteiger partial charge < -0.3 is 4.74 Å². The Kier molecular flexibility index (Phi) is 4.20. The number of benzene rings is 3. The van der Waals surface area contributed by atoms with Crippen molar-refractivity contribution in [1.29, 1.82) is 0 Å². The van der Waals surface area contributed by atoms with Crippen LogP contribution in [0.25, 0.3) is 27.9 Å². The van der Waals surface area contributed by atoms with Gasteiger partial charge in [0.05, 0.1) is 18.1 Å². The number of rotatable bonds is 4. The highest BCUT2D eigenvalue weighted by Gasteiger charge is 2.05. The van der Waals surface area contributed by atoms with Gasteiger partial charge in [-0.2, -0.15) is 0 Å². The summed E-state index contributed by atoms with van der Waals surface area (Å²) >= 11 is 0. The van der Waals surface area contributed by atoms with Crippen LogP contribution in [-0.4, -0.2) is 17.9 Å². The molecule has 126 valence electrons. The van der Waals surface area contributed by atoms with Gasteiger partial charge in [0.25, 0.3) is 0 Å². The van der Waals surface area contributed by atoms with Gasteiger partial charge in [0.15, 0.2) is 5.78 Å². The molecule has 0 bridgehead atoms. The molecule has 1 aromatic heterocycles. The van der Waals surface area contributed by atoms with Gasteiger partial charge in [-0.05, 0) is 48.6 Å². The van der Waals surface area contributed by atoms with E-state index in [1.165, 1.54) is 0 Å². The van der Waals surface area contributed by atoms with Crippen molar-refractivity contribution in [2.24, 2.45) is 0 Å². The molecule has 0 aliphatic rings. The largest absolute Gasteiger partial charge is 0.497 e. The van der Waals surface area contributed by atoms with Crippen LogP contribution in [0, 0.1) is 0 Å². The van der Waals surface area contributed by atoms with Crippen LogP contribution >= 0.6 is 0 Å². The molecule has 0 aliphatic heterocycles.